The SMILES string of the molecule is COc1cccc([C@H]2C[C@H](C(=O)N3CCC(C)CC3)N(C)S(=O)(=O)N2)c1. The van der Waals surface area contributed by atoms with Crippen molar-refractivity contribution in [2.24, 2.45) is 5.92 Å². The lowest BCUT2D eigenvalue weighted by Crippen LogP contribution is -2.58. The van der Waals surface area contributed by atoms with Crippen molar-refractivity contribution < 1.29 is 17.9 Å². The lowest BCUT2D eigenvalue weighted by molar-refractivity contribution is -0.137. The molecule has 2 aliphatic rings. The number of likely N-dealkylation sites (tertiary alicyclic amines) is 1. The molecule has 2 aliphatic heterocycles. The lowest BCUT2D eigenvalue weighted by atomic mass is 9.96. The van der Waals surface area contributed by atoms with Crippen LogP contribution < -0.4 is 9.46 Å². The molecule has 0 aromatic heterocycles. The van der Waals surface area contributed by atoms with E-state index in [1.54, 1.807) is 7.11 Å². The van der Waals surface area contributed by atoms with E-state index in [-0.39, 0.29) is 5.91 Å². The Morgan fingerprint density at radius 1 is 1.27 bits per heavy atom. The van der Waals surface area contributed by atoms with Gasteiger partial charge < -0.3 is 9.64 Å². The standard InChI is InChI=1S/C18H27N3O4S/c1-13-7-9-21(10-8-13)18(22)17-12-16(19-26(23,24)20(17)2)14-5-4-6-15(11-14)25-3/h4-6,11,13,16-17,19H,7-10,12H2,1-3H3/t16-,17-/m1/s1. The maximum Gasteiger partial charge on any atom is 0.280 e. The summed E-state index contributed by atoms with van der Waals surface area (Å²) < 4.78 is 34.2. The van der Waals surface area contributed by atoms with Crippen LogP contribution in [0.2, 0.25) is 0 Å². The minimum atomic E-state index is -3.73. The van der Waals surface area contributed by atoms with E-state index in [0.29, 0.717) is 31.2 Å². The highest BCUT2D eigenvalue weighted by Gasteiger charge is 2.42. The number of likely N-dealkylation sites (N-methyl/N-ethyl adjacent to an activating group) is 1. The average Bonchev–Trinajstić information content (AvgIpc) is 2.64. The predicted molar refractivity (Wildman–Crippen MR) is 98.9 cm³/mol. The first-order chi connectivity index (χ1) is 12.3. The molecule has 0 unspecified atom stereocenters. The van der Waals surface area contributed by atoms with E-state index in [2.05, 4.69) is 11.6 Å². The van der Waals surface area contributed by atoms with Gasteiger partial charge in [-0.1, -0.05) is 19.1 Å². The van der Waals surface area contributed by atoms with Gasteiger partial charge in [-0.25, -0.2) is 0 Å². The van der Waals surface area contributed by atoms with Crippen LogP contribution in [0.1, 0.15) is 37.8 Å². The molecule has 0 saturated carbocycles. The van der Waals surface area contributed by atoms with Crippen molar-refractivity contribution in [1.29, 1.82) is 0 Å². The van der Waals surface area contributed by atoms with Gasteiger partial charge in [0.1, 0.15) is 11.8 Å². The summed E-state index contributed by atoms with van der Waals surface area (Å²) in [7, 11) is -0.684. The van der Waals surface area contributed by atoms with Gasteiger partial charge in [-0.3, -0.25) is 4.79 Å². The number of hydrogen-bond donors (Lipinski definition) is 1. The maximum absolute atomic E-state index is 13.0. The average molecular weight is 381 g/mol. The Hall–Kier alpha value is -1.64. The molecular formula is C18H27N3O4S. The van der Waals surface area contributed by atoms with E-state index < -0.39 is 22.3 Å². The number of piperidine rings is 1. The number of carbonyl (C=O) groups excluding carboxylic acids is 1. The number of methoxy groups -OCH3 is 1. The summed E-state index contributed by atoms with van der Waals surface area (Å²) in [6, 6.07) is 6.15. The summed E-state index contributed by atoms with van der Waals surface area (Å²) in [6.45, 7) is 3.57. The van der Waals surface area contributed by atoms with Crippen LogP contribution in [0, 0.1) is 5.92 Å². The van der Waals surface area contributed by atoms with Gasteiger partial charge in [-0.2, -0.15) is 17.4 Å². The molecule has 0 bridgehead atoms. The molecule has 1 aromatic carbocycles. The topological polar surface area (TPSA) is 79.0 Å². The van der Waals surface area contributed by atoms with Crippen molar-refractivity contribution in [2.75, 3.05) is 27.2 Å². The van der Waals surface area contributed by atoms with Crippen LogP contribution >= 0.6 is 0 Å². The number of nitrogens with one attached hydrogen (secondary N) is 1. The van der Waals surface area contributed by atoms with Crippen molar-refractivity contribution in [3.63, 3.8) is 0 Å². The number of carbonyl (C=O) groups is 1. The number of amides is 1. The molecule has 0 aliphatic carbocycles. The van der Waals surface area contributed by atoms with Crippen LogP contribution in [0.5, 0.6) is 5.75 Å². The van der Waals surface area contributed by atoms with Gasteiger partial charge in [-0.05, 0) is 42.9 Å². The van der Waals surface area contributed by atoms with Crippen molar-refractivity contribution in [1.82, 2.24) is 13.9 Å². The zero-order valence-electron chi connectivity index (χ0n) is 15.5. The summed E-state index contributed by atoms with van der Waals surface area (Å²) in [5, 5.41) is 0. The predicted octanol–water partition coefficient (Wildman–Crippen LogP) is 1.53. The minimum Gasteiger partial charge on any atom is -0.497 e. The quantitative estimate of drug-likeness (QED) is 0.861. The van der Waals surface area contributed by atoms with E-state index in [1.165, 1.54) is 11.4 Å². The monoisotopic (exact) mass is 381 g/mol. The molecule has 144 valence electrons. The van der Waals surface area contributed by atoms with Gasteiger partial charge in [0.15, 0.2) is 0 Å². The smallest absolute Gasteiger partial charge is 0.280 e. The molecule has 1 amide bonds. The van der Waals surface area contributed by atoms with E-state index in [1.807, 2.05) is 29.2 Å². The Morgan fingerprint density at radius 3 is 2.62 bits per heavy atom. The molecule has 2 atom stereocenters. The summed E-state index contributed by atoms with van der Waals surface area (Å²) in [5.41, 5.74) is 0.797. The minimum absolute atomic E-state index is 0.0997. The third-order valence-corrected chi connectivity index (χ3v) is 7.04. The van der Waals surface area contributed by atoms with E-state index in [0.717, 1.165) is 18.4 Å². The van der Waals surface area contributed by atoms with Crippen LogP contribution in [0.4, 0.5) is 0 Å². The van der Waals surface area contributed by atoms with Crippen molar-refractivity contribution in [2.45, 2.75) is 38.3 Å². The summed E-state index contributed by atoms with van der Waals surface area (Å²) in [5.74, 6) is 1.17. The first-order valence-corrected chi connectivity index (χ1v) is 10.4. The molecular weight excluding hydrogens is 354 g/mol. The largest absolute Gasteiger partial charge is 0.497 e. The lowest BCUT2D eigenvalue weighted by Gasteiger charge is -2.40. The highest BCUT2D eigenvalue weighted by molar-refractivity contribution is 7.87. The van der Waals surface area contributed by atoms with E-state index in [4.69, 9.17) is 4.74 Å². The second kappa shape index (κ2) is 7.54. The van der Waals surface area contributed by atoms with Crippen LogP contribution in [-0.4, -0.2) is 56.8 Å². The Labute approximate surface area is 155 Å². The molecule has 1 aromatic rings. The van der Waals surface area contributed by atoms with Gasteiger partial charge >= 0.3 is 0 Å². The van der Waals surface area contributed by atoms with Crippen LogP contribution in [0.25, 0.3) is 0 Å². The van der Waals surface area contributed by atoms with Crippen molar-refractivity contribution in [3.05, 3.63) is 29.8 Å². The molecule has 3 rings (SSSR count). The van der Waals surface area contributed by atoms with E-state index in [9.17, 15) is 13.2 Å². The highest BCUT2D eigenvalue weighted by Crippen LogP contribution is 2.31. The Balaban J connectivity index is 1.83. The molecule has 0 spiro atoms. The highest BCUT2D eigenvalue weighted by atomic mass is 32.2. The zero-order valence-corrected chi connectivity index (χ0v) is 16.3. The van der Waals surface area contributed by atoms with Crippen LogP contribution in [0.15, 0.2) is 24.3 Å². The molecule has 7 nitrogen and oxygen atoms in total. The Kier molecular flexibility index (Phi) is 5.55. The van der Waals surface area contributed by atoms with Crippen LogP contribution in [0.3, 0.4) is 0 Å². The van der Waals surface area contributed by atoms with Gasteiger partial charge in [0.25, 0.3) is 10.2 Å². The molecule has 2 heterocycles. The molecule has 2 saturated heterocycles. The zero-order chi connectivity index (χ0) is 18.9. The summed E-state index contributed by atoms with van der Waals surface area (Å²) in [4.78, 5) is 14.8. The third-order valence-electron chi connectivity index (χ3n) is 5.44. The number of rotatable bonds is 3. The fourth-order valence-electron chi connectivity index (χ4n) is 3.61. The summed E-state index contributed by atoms with van der Waals surface area (Å²) in [6.07, 6.45) is 2.33. The number of ether oxygens (including phenoxy) is 1. The van der Waals surface area contributed by atoms with Crippen LogP contribution in [-0.2, 0) is 15.0 Å². The normalized spacial score (nSPS) is 27.3. The van der Waals surface area contributed by atoms with Gasteiger partial charge in [0, 0.05) is 20.1 Å². The van der Waals surface area contributed by atoms with Crippen molar-refractivity contribution >= 4 is 16.1 Å². The van der Waals surface area contributed by atoms with Crippen molar-refractivity contribution in [3.8, 4) is 5.75 Å². The molecule has 0 radical (unpaired) electrons. The number of nitrogens with zero attached hydrogens (tertiary/aromatic N) is 2. The molecule has 1 N–H and O–H groups in total. The summed E-state index contributed by atoms with van der Waals surface area (Å²) >= 11 is 0. The second-order valence-corrected chi connectivity index (χ2v) is 8.99. The van der Waals surface area contributed by atoms with Gasteiger partial charge in [0.05, 0.1) is 13.2 Å². The maximum atomic E-state index is 13.0. The van der Waals surface area contributed by atoms with Gasteiger partial charge in [-0.15, -0.1) is 0 Å². The first-order valence-electron chi connectivity index (χ1n) is 9.00. The Bertz CT molecular complexity index is 759. The first kappa shape index (κ1) is 19.1. The second-order valence-electron chi connectivity index (χ2n) is 7.23. The Morgan fingerprint density at radius 2 is 1.96 bits per heavy atom. The fourth-order valence-corrected chi connectivity index (χ4v) is 4.88. The molecule has 26 heavy (non-hydrogen) atoms. The van der Waals surface area contributed by atoms with Gasteiger partial charge in [0.2, 0.25) is 5.91 Å². The third kappa shape index (κ3) is 3.87. The number of benzene rings is 1. The number of hydrogen-bond acceptors (Lipinski definition) is 4. The van der Waals surface area contributed by atoms with E-state index >= 15 is 0 Å². The molecule has 2 fully saturated rings. The fraction of sp³-hybridized carbons (Fsp3) is 0.611. The molecule has 8 heteroatoms.